The number of ether oxygens (including phenoxy) is 4. The number of hydrogen-bond donors (Lipinski definition) is 2. The van der Waals surface area contributed by atoms with Crippen molar-refractivity contribution in [3.05, 3.63) is 59.7 Å². The van der Waals surface area contributed by atoms with E-state index in [9.17, 15) is 19.8 Å². The Kier molecular flexibility index (Phi) is 16.7. The highest BCUT2D eigenvalue weighted by molar-refractivity contribution is 5.69. The van der Waals surface area contributed by atoms with E-state index in [0.29, 0.717) is 36.7 Å². The minimum absolute atomic E-state index is 0.0253. The molecule has 0 saturated heterocycles. The zero-order valence-corrected chi connectivity index (χ0v) is 25.9. The van der Waals surface area contributed by atoms with Gasteiger partial charge >= 0.3 is 11.9 Å². The second kappa shape index (κ2) is 19.1. The van der Waals surface area contributed by atoms with Gasteiger partial charge in [0.1, 0.15) is 50.1 Å². The summed E-state index contributed by atoms with van der Waals surface area (Å²) >= 11 is 0. The summed E-state index contributed by atoms with van der Waals surface area (Å²) in [6.07, 6.45) is 0.348. The zero-order chi connectivity index (χ0) is 30.8. The molecule has 0 aliphatic carbocycles. The molecule has 8 nitrogen and oxygen atoms in total. The highest BCUT2D eigenvalue weighted by Gasteiger charge is 2.23. The molecule has 41 heavy (non-hydrogen) atoms. The van der Waals surface area contributed by atoms with E-state index < -0.39 is 12.2 Å². The van der Waals surface area contributed by atoms with E-state index in [-0.39, 0.29) is 43.8 Å². The molecule has 0 aliphatic heterocycles. The highest BCUT2D eigenvalue weighted by Crippen LogP contribution is 2.33. The lowest BCUT2D eigenvalue weighted by Crippen LogP contribution is -2.25. The van der Waals surface area contributed by atoms with E-state index >= 15 is 0 Å². The van der Waals surface area contributed by atoms with Gasteiger partial charge in [-0.15, -0.1) is 0 Å². The molecular formula is C33H50O8. The average Bonchev–Trinajstić information content (AvgIpc) is 2.97. The van der Waals surface area contributed by atoms with E-state index in [0.717, 1.165) is 17.5 Å². The van der Waals surface area contributed by atoms with Crippen LogP contribution in [0.25, 0.3) is 0 Å². The van der Waals surface area contributed by atoms with Crippen molar-refractivity contribution in [3.63, 3.8) is 0 Å². The normalized spacial score (nSPS) is 12.5. The van der Waals surface area contributed by atoms with E-state index in [4.69, 9.17) is 18.9 Å². The first-order valence-corrected chi connectivity index (χ1v) is 14.6. The van der Waals surface area contributed by atoms with Crippen LogP contribution in [0, 0.1) is 5.92 Å². The molecule has 2 aromatic rings. The van der Waals surface area contributed by atoms with Crippen LogP contribution in [-0.2, 0) is 24.5 Å². The Morgan fingerprint density at radius 2 is 1.10 bits per heavy atom. The van der Waals surface area contributed by atoms with Gasteiger partial charge in [0, 0.05) is 18.3 Å². The summed E-state index contributed by atoms with van der Waals surface area (Å²) in [5, 5.41) is 20.1. The number of rotatable bonds is 17. The van der Waals surface area contributed by atoms with Crippen LogP contribution in [0.15, 0.2) is 48.5 Å². The Labute approximate surface area is 246 Å². The molecule has 0 aliphatic rings. The van der Waals surface area contributed by atoms with E-state index in [2.05, 4.69) is 13.8 Å². The Balaban J connectivity index is 0.00000411. The fourth-order valence-corrected chi connectivity index (χ4v) is 3.72. The molecule has 0 aromatic heterocycles. The molecule has 0 bridgehead atoms. The molecule has 0 heterocycles. The second-order valence-corrected chi connectivity index (χ2v) is 10.7. The third kappa shape index (κ3) is 13.9. The van der Waals surface area contributed by atoms with Crippen LogP contribution in [0.5, 0.6) is 11.5 Å². The monoisotopic (exact) mass is 574 g/mol. The van der Waals surface area contributed by atoms with E-state index in [1.54, 1.807) is 0 Å². The third-order valence-corrected chi connectivity index (χ3v) is 6.29. The molecule has 0 radical (unpaired) electrons. The van der Waals surface area contributed by atoms with Crippen molar-refractivity contribution in [1.29, 1.82) is 0 Å². The van der Waals surface area contributed by atoms with Crippen LogP contribution in [0.2, 0.25) is 0 Å². The molecule has 0 amide bonds. The maximum atomic E-state index is 11.7. The molecule has 0 saturated carbocycles. The van der Waals surface area contributed by atoms with Crippen molar-refractivity contribution in [2.24, 2.45) is 5.92 Å². The lowest BCUT2D eigenvalue weighted by Gasteiger charge is -2.26. The van der Waals surface area contributed by atoms with Gasteiger partial charge in [0.2, 0.25) is 0 Å². The van der Waals surface area contributed by atoms with Crippen LogP contribution in [-0.4, -0.2) is 60.8 Å². The van der Waals surface area contributed by atoms with Gasteiger partial charge in [-0.1, -0.05) is 72.7 Å². The summed E-state index contributed by atoms with van der Waals surface area (Å²) in [6, 6.07) is 15.3. The lowest BCUT2D eigenvalue weighted by atomic mass is 9.78. The van der Waals surface area contributed by atoms with Gasteiger partial charge in [-0.3, -0.25) is 9.59 Å². The maximum Gasteiger partial charge on any atom is 0.305 e. The fourth-order valence-electron chi connectivity index (χ4n) is 3.72. The van der Waals surface area contributed by atoms with Crippen LogP contribution in [0.1, 0.15) is 85.3 Å². The summed E-state index contributed by atoms with van der Waals surface area (Å²) in [7, 11) is 0. The molecule has 2 aromatic carbocycles. The number of esters is 2. The zero-order valence-electron chi connectivity index (χ0n) is 25.9. The fraction of sp³-hybridized carbons (Fsp3) is 0.576. The van der Waals surface area contributed by atoms with Crippen LogP contribution >= 0.6 is 0 Å². The number of carbonyl (C=O) groups excluding carboxylic acids is 2. The first kappa shape index (κ1) is 35.9. The van der Waals surface area contributed by atoms with Gasteiger partial charge in [-0.25, -0.2) is 0 Å². The molecule has 0 fully saturated rings. The van der Waals surface area contributed by atoms with Crippen molar-refractivity contribution < 1.29 is 38.7 Å². The summed E-state index contributed by atoms with van der Waals surface area (Å²) in [5.41, 5.74) is 1.85. The molecule has 2 rings (SSSR count). The topological polar surface area (TPSA) is 112 Å². The number of hydrogen-bond acceptors (Lipinski definition) is 8. The van der Waals surface area contributed by atoms with Crippen molar-refractivity contribution >= 4 is 11.9 Å². The van der Waals surface area contributed by atoms with Crippen molar-refractivity contribution in [2.75, 3.05) is 26.4 Å². The van der Waals surface area contributed by atoms with Crippen molar-refractivity contribution in [1.82, 2.24) is 0 Å². The average molecular weight is 575 g/mol. The van der Waals surface area contributed by atoms with Gasteiger partial charge in [-0.2, -0.15) is 0 Å². The predicted octanol–water partition coefficient (Wildman–Crippen LogP) is 5.84. The predicted molar refractivity (Wildman–Crippen MR) is 160 cm³/mol. The largest absolute Gasteiger partial charge is 0.491 e. The van der Waals surface area contributed by atoms with Crippen molar-refractivity contribution in [2.45, 2.75) is 91.8 Å². The SMILES string of the molecule is CC.CCCC(=O)OCC(O)COc1ccc(C(C)(C)c2ccc(OCC(O)COC(=O)CCC(C)C)cc2)cc1. The molecule has 2 N–H and O–H groups in total. The molecule has 0 spiro atoms. The Bertz CT molecular complexity index is 999. The summed E-state index contributed by atoms with van der Waals surface area (Å²) in [6.45, 7) is 14.1. The first-order valence-electron chi connectivity index (χ1n) is 14.6. The Morgan fingerprint density at radius 3 is 1.46 bits per heavy atom. The van der Waals surface area contributed by atoms with Gasteiger partial charge in [0.05, 0.1) is 0 Å². The quantitative estimate of drug-likeness (QED) is 0.227. The first-order chi connectivity index (χ1) is 19.5. The highest BCUT2D eigenvalue weighted by atomic mass is 16.6. The summed E-state index contributed by atoms with van der Waals surface area (Å²) < 4.78 is 21.4. The molecule has 2 unspecified atom stereocenters. The van der Waals surface area contributed by atoms with Gasteiger partial charge < -0.3 is 29.2 Å². The minimum atomic E-state index is -0.901. The number of benzene rings is 2. The van der Waals surface area contributed by atoms with E-state index in [1.807, 2.05) is 83.1 Å². The second-order valence-electron chi connectivity index (χ2n) is 10.7. The Morgan fingerprint density at radius 1 is 0.707 bits per heavy atom. The number of carbonyl (C=O) groups is 2. The van der Waals surface area contributed by atoms with E-state index in [1.165, 1.54) is 0 Å². The Hall–Kier alpha value is -3.10. The smallest absolute Gasteiger partial charge is 0.305 e. The molecule has 230 valence electrons. The molecular weight excluding hydrogens is 524 g/mol. The molecule has 2 atom stereocenters. The van der Waals surface area contributed by atoms with Crippen LogP contribution in [0.4, 0.5) is 0 Å². The van der Waals surface area contributed by atoms with Gasteiger partial charge in [0.25, 0.3) is 0 Å². The third-order valence-electron chi connectivity index (χ3n) is 6.29. The number of aliphatic hydroxyl groups excluding tert-OH is 2. The van der Waals surface area contributed by atoms with Gasteiger partial charge in [0.15, 0.2) is 0 Å². The maximum absolute atomic E-state index is 11.7. The number of aliphatic hydroxyl groups is 2. The molecule has 8 heteroatoms. The summed E-state index contributed by atoms with van der Waals surface area (Å²) in [5.74, 6) is 1.02. The van der Waals surface area contributed by atoms with Crippen molar-refractivity contribution in [3.8, 4) is 11.5 Å². The minimum Gasteiger partial charge on any atom is -0.491 e. The summed E-state index contributed by atoms with van der Waals surface area (Å²) in [4.78, 5) is 23.1. The lowest BCUT2D eigenvalue weighted by molar-refractivity contribution is -0.148. The van der Waals surface area contributed by atoms with Gasteiger partial charge in [-0.05, 0) is 54.2 Å². The van der Waals surface area contributed by atoms with Crippen LogP contribution < -0.4 is 9.47 Å². The van der Waals surface area contributed by atoms with Crippen LogP contribution in [0.3, 0.4) is 0 Å². The standard InChI is InChI=1S/C31H44O8.C2H6/c1-6-7-29(34)38-20-25(32)18-36-27-13-9-23(10-14-27)31(4,5)24-11-15-28(16-12-24)37-19-26(33)21-39-30(35)17-8-22(2)3;1-2/h9-16,22,25-26,32-33H,6-8,17-21H2,1-5H3;1-2H3.